The zero-order valence-electron chi connectivity index (χ0n) is 54.3. The summed E-state index contributed by atoms with van der Waals surface area (Å²) in [5, 5.41) is 23.3. The molecule has 6 heteroatoms. The van der Waals surface area contributed by atoms with Crippen LogP contribution >= 0.6 is 0 Å². The number of amides is 1. The summed E-state index contributed by atoms with van der Waals surface area (Å²) in [4.78, 5) is 24.6. The maximum absolute atomic E-state index is 12.5. The Morgan fingerprint density at radius 2 is 0.588 bits per heavy atom. The highest BCUT2D eigenvalue weighted by molar-refractivity contribution is 5.76. The highest BCUT2D eigenvalue weighted by Crippen LogP contribution is 2.19. The maximum Gasteiger partial charge on any atom is 0.305 e. The van der Waals surface area contributed by atoms with Crippen molar-refractivity contribution in [1.29, 1.82) is 0 Å². The Labute approximate surface area is 501 Å². The molecule has 0 aliphatic carbocycles. The average Bonchev–Trinajstić information content (AvgIpc) is 3.46. The first-order valence-corrected chi connectivity index (χ1v) is 36.6. The summed E-state index contributed by atoms with van der Waals surface area (Å²) in [5.74, 6) is -0.0136. The number of rotatable bonds is 69. The van der Waals surface area contributed by atoms with Crippen LogP contribution in [0.4, 0.5) is 0 Å². The molecule has 0 aliphatic rings. The quantitative estimate of drug-likeness (QED) is 0.0320. The lowest BCUT2D eigenvalue weighted by molar-refractivity contribution is -0.143. The van der Waals surface area contributed by atoms with Crippen LogP contribution in [0.15, 0.2) is 24.3 Å². The smallest absolute Gasteiger partial charge is 0.305 e. The molecule has 0 aromatic heterocycles. The van der Waals surface area contributed by atoms with E-state index < -0.39 is 12.1 Å². The van der Waals surface area contributed by atoms with Crippen molar-refractivity contribution >= 4 is 11.9 Å². The van der Waals surface area contributed by atoms with Crippen molar-refractivity contribution in [2.75, 3.05) is 13.2 Å². The summed E-state index contributed by atoms with van der Waals surface area (Å²) < 4.78 is 5.50. The molecule has 3 N–H and O–H groups in total. The van der Waals surface area contributed by atoms with E-state index >= 15 is 0 Å². The molecule has 0 fully saturated rings. The zero-order chi connectivity index (χ0) is 57.8. The number of esters is 1. The van der Waals surface area contributed by atoms with Crippen LogP contribution in [0, 0.1) is 0 Å². The van der Waals surface area contributed by atoms with Gasteiger partial charge < -0.3 is 20.3 Å². The van der Waals surface area contributed by atoms with Crippen LogP contribution in [0.25, 0.3) is 0 Å². The van der Waals surface area contributed by atoms with Gasteiger partial charge in [-0.05, 0) is 77.0 Å². The summed E-state index contributed by atoms with van der Waals surface area (Å²) >= 11 is 0. The van der Waals surface area contributed by atoms with Crippen LogP contribution in [-0.4, -0.2) is 47.4 Å². The van der Waals surface area contributed by atoms with Crippen molar-refractivity contribution in [3.05, 3.63) is 24.3 Å². The normalized spacial score (nSPS) is 12.6. The highest BCUT2D eigenvalue weighted by Gasteiger charge is 2.20. The second-order valence-corrected chi connectivity index (χ2v) is 25.3. The van der Waals surface area contributed by atoms with Crippen molar-refractivity contribution < 1.29 is 24.5 Å². The van der Waals surface area contributed by atoms with Crippen molar-refractivity contribution in [2.45, 2.75) is 424 Å². The predicted octanol–water partition coefficient (Wildman–Crippen LogP) is 23.7. The lowest BCUT2D eigenvalue weighted by atomic mass is 10.0. The molecule has 0 aromatic rings. The molecular weight excluding hydrogens is 983 g/mol. The third-order valence-corrected chi connectivity index (χ3v) is 17.2. The first kappa shape index (κ1) is 78.3. The molecule has 2 unspecified atom stereocenters. The third kappa shape index (κ3) is 65.5. The second kappa shape index (κ2) is 69.8. The molecule has 0 bridgehead atoms. The lowest BCUT2D eigenvalue weighted by Crippen LogP contribution is -2.45. The van der Waals surface area contributed by atoms with Crippen molar-refractivity contribution in [2.24, 2.45) is 0 Å². The number of allylic oxidation sites excluding steroid dienone is 4. The number of carbonyl (C=O) groups excluding carboxylic acids is 2. The van der Waals surface area contributed by atoms with E-state index in [2.05, 4.69) is 43.5 Å². The largest absolute Gasteiger partial charge is 0.466 e. The monoisotopic (exact) mass is 1130 g/mol. The van der Waals surface area contributed by atoms with Crippen molar-refractivity contribution in [1.82, 2.24) is 5.32 Å². The molecule has 0 radical (unpaired) electrons. The van der Waals surface area contributed by atoms with Gasteiger partial charge in [0.15, 0.2) is 0 Å². The van der Waals surface area contributed by atoms with Crippen LogP contribution in [0.1, 0.15) is 412 Å². The van der Waals surface area contributed by atoms with E-state index in [9.17, 15) is 19.8 Å². The van der Waals surface area contributed by atoms with E-state index in [4.69, 9.17) is 4.74 Å². The zero-order valence-corrected chi connectivity index (χ0v) is 54.3. The summed E-state index contributed by atoms with van der Waals surface area (Å²) in [7, 11) is 0. The standard InChI is InChI=1S/C74H143NO5/c1-3-5-7-9-11-13-15-17-18-36-40-44-48-52-56-60-64-68-74(79)80-69-65-61-57-53-49-45-41-38-35-33-31-29-27-25-23-21-19-20-22-24-26-28-30-32-34-37-39-43-47-51-55-59-63-67-73(78)75-71(70-76)72(77)66-62-58-54-50-46-42-16-14-12-10-8-6-4-2/h17-18,23,25,71-72,76-77H,3-16,19-22,24,26-70H2,1-2H3,(H,75,78)/b18-17-,25-23-. The number of aliphatic hydroxyl groups excluding tert-OH is 2. The molecule has 0 rings (SSSR count). The molecule has 0 saturated heterocycles. The van der Waals surface area contributed by atoms with Gasteiger partial charge >= 0.3 is 5.97 Å². The minimum Gasteiger partial charge on any atom is -0.466 e. The SMILES string of the molecule is CCCCCCCC/C=C\CCCCCCCCCC(=O)OCCCCCCCCCCCCCC/C=C\CCCCCCCCCCCCCCCCCCCC(=O)NC(CO)C(O)CCCCCCCCCCCCCCC. The Morgan fingerprint density at radius 1 is 0.338 bits per heavy atom. The number of carbonyl (C=O) groups is 2. The minimum atomic E-state index is -0.661. The molecule has 0 saturated carbocycles. The fourth-order valence-corrected chi connectivity index (χ4v) is 11.6. The number of aliphatic hydroxyl groups is 2. The van der Waals surface area contributed by atoms with Gasteiger partial charge in [0.05, 0.1) is 25.4 Å². The summed E-state index contributed by atoms with van der Waals surface area (Å²) in [6.45, 7) is 4.98. The Hall–Kier alpha value is -1.66. The first-order chi connectivity index (χ1) is 39.5. The Bertz CT molecular complexity index is 1250. The van der Waals surface area contributed by atoms with Crippen LogP contribution in [0.5, 0.6) is 0 Å². The minimum absolute atomic E-state index is 0.0161. The number of hydrogen-bond acceptors (Lipinski definition) is 5. The average molecular weight is 1130 g/mol. The van der Waals surface area contributed by atoms with E-state index in [1.165, 1.54) is 334 Å². The van der Waals surface area contributed by atoms with Crippen LogP contribution in [-0.2, 0) is 14.3 Å². The van der Waals surface area contributed by atoms with Gasteiger partial charge in [-0.25, -0.2) is 0 Å². The van der Waals surface area contributed by atoms with Crippen molar-refractivity contribution in [3.63, 3.8) is 0 Å². The fraction of sp³-hybridized carbons (Fsp3) is 0.919. The number of ether oxygens (including phenoxy) is 1. The molecular formula is C74H143NO5. The van der Waals surface area contributed by atoms with Gasteiger partial charge in [0.2, 0.25) is 5.91 Å². The number of unbranched alkanes of at least 4 members (excludes halogenated alkanes) is 54. The third-order valence-electron chi connectivity index (χ3n) is 17.2. The van der Waals surface area contributed by atoms with Crippen LogP contribution in [0.3, 0.4) is 0 Å². The molecule has 0 aliphatic heterocycles. The molecule has 1 amide bonds. The van der Waals surface area contributed by atoms with E-state index in [0.717, 1.165) is 44.9 Å². The van der Waals surface area contributed by atoms with Crippen molar-refractivity contribution in [3.8, 4) is 0 Å². The molecule has 6 nitrogen and oxygen atoms in total. The van der Waals surface area contributed by atoms with Crippen LogP contribution in [0.2, 0.25) is 0 Å². The van der Waals surface area contributed by atoms with Gasteiger partial charge in [-0.3, -0.25) is 9.59 Å². The molecule has 474 valence electrons. The second-order valence-electron chi connectivity index (χ2n) is 25.3. The van der Waals surface area contributed by atoms with Crippen LogP contribution < -0.4 is 5.32 Å². The van der Waals surface area contributed by atoms with E-state index in [1.54, 1.807) is 0 Å². The Balaban J connectivity index is 3.33. The number of hydrogen-bond donors (Lipinski definition) is 3. The summed E-state index contributed by atoms with van der Waals surface area (Å²) in [6.07, 6.45) is 88.2. The molecule has 80 heavy (non-hydrogen) atoms. The predicted molar refractivity (Wildman–Crippen MR) is 352 cm³/mol. The van der Waals surface area contributed by atoms with Gasteiger partial charge in [-0.1, -0.05) is 346 Å². The van der Waals surface area contributed by atoms with Gasteiger partial charge in [0, 0.05) is 12.8 Å². The molecule has 0 spiro atoms. The van der Waals surface area contributed by atoms with E-state index in [-0.39, 0.29) is 18.5 Å². The van der Waals surface area contributed by atoms with E-state index in [1.807, 2.05) is 0 Å². The topological polar surface area (TPSA) is 95.9 Å². The first-order valence-electron chi connectivity index (χ1n) is 36.6. The highest BCUT2D eigenvalue weighted by atomic mass is 16.5. The lowest BCUT2D eigenvalue weighted by Gasteiger charge is -2.22. The van der Waals surface area contributed by atoms with Gasteiger partial charge in [-0.2, -0.15) is 0 Å². The summed E-state index contributed by atoms with van der Waals surface area (Å²) in [6, 6.07) is -0.538. The molecule has 0 aromatic carbocycles. The maximum atomic E-state index is 12.5. The molecule has 0 heterocycles. The van der Waals surface area contributed by atoms with E-state index in [0.29, 0.717) is 25.9 Å². The van der Waals surface area contributed by atoms with Gasteiger partial charge in [-0.15, -0.1) is 0 Å². The Kier molecular flexibility index (Phi) is 68.4. The fourth-order valence-electron chi connectivity index (χ4n) is 11.6. The Morgan fingerprint density at radius 3 is 0.887 bits per heavy atom. The summed E-state index contributed by atoms with van der Waals surface area (Å²) in [5.41, 5.74) is 0. The molecule has 2 atom stereocenters. The van der Waals surface area contributed by atoms with Gasteiger partial charge in [0.25, 0.3) is 0 Å². The van der Waals surface area contributed by atoms with Gasteiger partial charge in [0.1, 0.15) is 0 Å². The number of nitrogens with one attached hydrogen (secondary N) is 1.